The number of rotatable bonds is 3. The molecule has 0 amide bonds. The Bertz CT molecular complexity index is 817. The third kappa shape index (κ3) is 3.20. The monoisotopic (exact) mass is 446 g/mol. The number of fused-ring (bicyclic) bond motifs is 5. The number of ether oxygens (including phenoxy) is 1. The first-order chi connectivity index (χ1) is 14.8. The lowest BCUT2D eigenvalue weighted by atomic mass is 9.34. The number of esters is 1. The first-order valence-electron chi connectivity index (χ1n) is 12.7. The highest BCUT2D eigenvalue weighted by molar-refractivity contribution is 5.88. The summed E-state index contributed by atoms with van der Waals surface area (Å²) in [6, 6.07) is 0. The van der Waals surface area contributed by atoms with E-state index < -0.39 is 5.97 Å². The number of carboxylic acid groups (broad SMARTS) is 1. The quantitative estimate of drug-likeness (QED) is 0.567. The first kappa shape index (κ1) is 23.8. The van der Waals surface area contributed by atoms with Gasteiger partial charge in [-0.05, 0) is 79.4 Å². The van der Waals surface area contributed by atoms with Crippen LogP contribution in [-0.2, 0) is 19.1 Å². The van der Waals surface area contributed by atoms with E-state index in [9.17, 15) is 19.5 Å². The van der Waals surface area contributed by atoms with Gasteiger partial charge in [0.15, 0.2) is 0 Å². The van der Waals surface area contributed by atoms with Crippen molar-refractivity contribution < 1.29 is 24.2 Å². The standard InChI is InChI=1S/C27H42O5/c1-16(28)32-21-11-12-25(4)19(24(21,2)3)10-14-27(6)20(25)8-7-18-23(31)17(15-22(29)30)9-13-26(18,27)5/h17-21H,7-15H2,1-6H3,(H,29,30)/t17-,18?,19?,20?,21?,25-,26+,27+/m0/s1. The summed E-state index contributed by atoms with van der Waals surface area (Å²) < 4.78 is 5.79. The van der Waals surface area contributed by atoms with Crippen LogP contribution >= 0.6 is 0 Å². The molecule has 4 fully saturated rings. The van der Waals surface area contributed by atoms with E-state index in [-0.39, 0.29) is 57.8 Å². The van der Waals surface area contributed by atoms with Gasteiger partial charge in [0, 0.05) is 24.2 Å². The molecule has 0 aromatic heterocycles. The van der Waals surface area contributed by atoms with Gasteiger partial charge in [0.2, 0.25) is 0 Å². The molecular weight excluding hydrogens is 404 g/mol. The summed E-state index contributed by atoms with van der Waals surface area (Å²) in [5.41, 5.74) is 0.122. The summed E-state index contributed by atoms with van der Waals surface area (Å²) in [6.45, 7) is 13.4. The largest absolute Gasteiger partial charge is 0.481 e. The van der Waals surface area contributed by atoms with Gasteiger partial charge in [-0.2, -0.15) is 0 Å². The lowest BCUT2D eigenvalue weighted by Gasteiger charge is -2.71. The van der Waals surface area contributed by atoms with E-state index in [2.05, 4.69) is 34.6 Å². The van der Waals surface area contributed by atoms with Crippen molar-refractivity contribution in [2.45, 2.75) is 105 Å². The zero-order valence-electron chi connectivity index (χ0n) is 20.8. The van der Waals surface area contributed by atoms with Crippen LogP contribution in [0.15, 0.2) is 0 Å². The summed E-state index contributed by atoms with van der Waals surface area (Å²) >= 11 is 0. The Labute approximate surface area is 193 Å². The highest BCUT2D eigenvalue weighted by atomic mass is 16.5. The number of carboxylic acids is 1. The van der Waals surface area contributed by atoms with Crippen LogP contribution in [0.2, 0.25) is 0 Å². The van der Waals surface area contributed by atoms with Crippen molar-refractivity contribution in [1.29, 1.82) is 0 Å². The number of ketones is 1. The number of hydrogen-bond donors (Lipinski definition) is 1. The molecule has 0 aliphatic heterocycles. The van der Waals surface area contributed by atoms with Crippen molar-refractivity contribution in [3.63, 3.8) is 0 Å². The van der Waals surface area contributed by atoms with Crippen LogP contribution in [0.3, 0.4) is 0 Å². The topological polar surface area (TPSA) is 80.7 Å². The van der Waals surface area contributed by atoms with Gasteiger partial charge < -0.3 is 9.84 Å². The second-order valence-electron chi connectivity index (χ2n) is 12.8. The summed E-state index contributed by atoms with van der Waals surface area (Å²) in [4.78, 5) is 36.5. The maximum Gasteiger partial charge on any atom is 0.304 e. The molecule has 0 spiro atoms. The molecule has 4 aliphatic rings. The Hall–Kier alpha value is -1.39. The number of carbonyl (C=O) groups excluding carboxylic acids is 2. The molecule has 32 heavy (non-hydrogen) atoms. The minimum absolute atomic E-state index is 0.00704. The molecule has 0 aromatic carbocycles. The van der Waals surface area contributed by atoms with E-state index in [1.807, 2.05) is 0 Å². The van der Waals surface area contributed by atoms with Gasteiger partial charge in [0.05, 0.1) is 6.42 Å². The smallest absolute Gasteiger partial charge is 0.304 e. The predicted molar refractivity (Wildman–Crippen MR) is 122 cm³/mol. The van der Waals surface area contributed by atoms with Gasteiger partial charge in [-0.15, -0.1) is 0 Å². The van der Waals surface area contributed by atoms with Crippen molar-refractivity contribution in [2.24, 2.45) is 45.3 Å². The second-order valence-corrected chi connectivity index (χ2v) is 12.8. The highest BCUT2D eigenvalue weighted by Gasteiger charge is 2.68. The van der Waals surface area contributed by atoms with Gasteiger partial charge in [-0.25, -0.2) is 0 Å². The Balaban J connectivity index is 1.65. The Morgan fingerprint density at radius 2 is 1.56 bits per heavy atom. The van der Waals surface area contributed by atoms with Gasteiger partial charge in [-0.3, -0.25) is 14.4 Å². The van der Waals surface area contributed by atoms with E-state index in [1.165, 1.54) is 6.92 Å². The van der Waals surface area contributed by atoms with Crippen LogP contribution in [0.25, 0.3) is 0 Å². The van der Waals surface area contributed by atoms with Crippen LogP contribution in [0.5, 0.6) is 0 Å². The molecule has 4 aliphatic carbocycles. The van der Waals surface area contributed by atoms with Gasteiger partial charge >= 0.3 is 11.9 Å². The normalized spacial score (nSPS) is 47.6. The van der Waals surface area contributed by atoms with Gasteiger partial charge in [-0.1, -0.05) is 34.6 Å². The van der Waals surface area contributed by atoms with Crippen LogP contribution in [0, 0.1) is 45.3 Å². The fourth-order valence-corrected chi connectivity index (χ4v) is 9.55. The van der Waals surface area contributed by atoms with Crippen molar-refractivity contribution in [3.05, 3.63) is 0 Å². The minimum Gasteiger partial charge on any atom is -0.481 e. The van der Waals surface area contributed by atoms with Crippen LogP contribution < -0.4 is 0 Å². The fourth-order valence-electron chi connectivity index (χ4n) is 9.55. The van der Waals surface area contributed by atoms with Gasteiger partial charge in [0.1, 0.15) is 11.9 Å². The zero-order valence-corrected chi connectivity index (χ0v) is 20.8. The Morgan fingerprint density at radius 1 is 0.906 bits per heavy atom. The van der Waals surface area contributed by atoms with Crippen molar-refractivity contribution in [2.75, 3.05) is 0 Å². The SMILES string of the molecule is CC(=O)OC1CC[C@@]2(C)C(CC[C@]3(C)C2CCC2C(=O)[C@H](CC(=O)O)CC[C@]23C)C1(C)C. The lowest BCUT2D eigenvalue weighted by molar-refractivity contribution is -0.233. The van der Waals surface area contributed by atoms with Crippen LogP contribution in [0.1, 0.15) is 99.3 Å². The molecule has 4 saturated carbocycles. The Morgan fingerprint density at radius 3 is 2.19 bits per heavy atom. The summed E-state index contributed by atoms with van der Waals surface area (Å²) in [5.74, 6) is -0.111. The van der Waals surface area contributed by atoms with Crippen molar-refractivity contribution >= 4 is 17.7 Å². The summed E-state index contributed by atoms with van der Waals surface area (Å²) in [5, 5.41) is 9.29. The Kier molecular flexibility index (Phi) is 5.61. The maximum absolute atomic E-state index is 13.4. The zero-order chi connectivity index (χ0) is 23.7. The van der Waals surface area contributed by atoms with E-state index >= 15 is 0 Å². The van der Waals surface area contributed by atoms with Gasteiger partial charge in [0.25, 0.3) is 0 Å². The molecule has 5 nitrogen and oxygen atoms in total. The van der Waals surface area contributed by atoms with Crippen LogP contribution in [-0.4, -0.2) is 28.9 Å². The molecule has 0 heterocycles. The van der Waals surface area contributed by atoms with E-state index in [0.29, 0.717) is 18.3 Å². The molecule has 8 atom stereocenters. The predicted octanol–water partition coefficient (Wildman–Crippen LogP) is 5.65. The molecule has 0 aromatic rings. The average molecular weight is 447 g/mol. The lowest BCUT2D eigenvalue weighted by Crippen LogP contribution is -2.66. The van der Waals surface area contributed by atoms with Crippen molar-refractivity contribution in [1.82, 2.24) is 0 Å². The molecule has 5 heteroatoms. The molecule has 4 rings (SSSR count). The van der Waals surface area contributed by atoms with E-state index in [0.717, 1.165) is 44.9 Å². The third-order valence-corrected chi connectivity index (χ3v) is 11.3. The second kappa shape index (κ2) is 7.56. The number of aliphatic carboxylic acids is 1. The number of carbonyl (C=O) groups is 3. The first-order valence-corrected chi connectivity index (χ1v) is 12.7. The fraction of sp³-hybridized carbons (Fsp3) is 0.889. The average Bonchev–Trinajstić information content (AvgIpc) is 2.67. The van der Waals surface area contributed by atoms with Crippen LogP contribution in [0.4, 0.5) is 0 Å². The number of hydrogen-bond acceptors (Lipinski definition) is 4. The molecule has 180 valence electrons. The van der Waals surface area contributed by atoms with E-state index in [4.69, 9.17) is 4.74 Å². The minimum atomic E-state index is -0.855. The third-order valence-electron chi connectivity index (χ3n) is 11.3. The maximum atomic E-state index is 13.4. The molecule has 1 N–H and O–H groups in total. The molecule has 0 radical (unpaired) electrons. The molecular formula is C27H42O5. The molecule has 4 unspecified atom stereocenters. The molecule has 0 saturated heterocycles. The summed E-state index contributed by atoms with van der Waals surface area (Å²) in [6.07, 6.45) is 7.72. The summed E-state index contributed by atoms with van der Waals surface area (Å²) in [7, 11) is 0. The van der Waals surface area contributed by atoms with Crippen molar-refractivity contribution in [3.8, 4) is 0 Å². The number of Topliss-reactive ketones (excluding diaryl/α,β-unsaturated/α-hetero) is 1. The van der Waals surface area contributed by atoms with E-state index in [1.54, 1.807) is 0 Å². The highest BCUT2D eigenvalue weighted by Crippen LogP contribution is 2.74. The molecule has 0 bridgehead atoms.